The molecule has 0 radical (unpaired) electrons. The molecule has 0 aliphatic heterocycles. The summed E-state index contributed by atoms with van der Waals surface area (Å²) >= 11 is 2.83. The minimum Gasteiger partial charge on any atom is -0.462 e. The molecule has 7 nitrogen and oxygen atoms in total. The number of thioether (sulfide) groups is 1. The highest BCUT2D eigenvalue weighted by Gasteiger charge is 2.30. The van der Waals surface area contributed by atoms with Gasteiger partial charge in [-0.3, -0.25) is 4.79 Å². The Bertz CT molecular complexity index is 846. The van der Waals surface area contributed by atoms with Crippen LogP contribution in [0.2, 0.25) is 0 Å². The molecule has 2 heterocycles. The smallest absolute Gasteiger partial charge is 0.341 e. The summed E-state index contributed by atoms with van der Waals surface area (Å²) in [7, 11) is 1.83. The van der Waals surface area contributed by atoms with Crippen molar-refractivity contribution in [3.05, 3.63) is 22.3 Å². The Morgan fingerprint density at radius 3 is 2.96 bits per heavy atom. The average Bonchev–Trinajstić information content (AvgIpc) is 3.17. The van der Waals surface area contributed by atoms with Crippen LogP contribution in [0, 0.1) is 5.92 Å². The first-order chi connectivity index (χ1) is 12.9. The second kappa shape index (κ2) is 8.43. The molecule has 0 fully saturated rings. The number of aryl methyl sites for hydroxylation is 1. The number of fused-ring (bicyclic) bond motifs is 1. The number of carbonyl (C=O) groups excluding carboxylic acids is 2. The van der Waals surface area contributed by atoms with Crippen molar-refractivity contribution < 1.29 is 14.3 Å². The SMILES string of the molecule is CCOC(=O)c1c(NC(=O)[C@H](C)Sc2nncn2C)sc2c1CC[C@H](C)C2. The molecule has 0 spiro atoms. The Hall–Kier alpha value is -1.87. The van der Waals surface area contributed by atoms with Crippen molar-refractivity contribution in [2.24, 2.45) is 13.0 Å². The number of amides is 1. The molecule has 0 unspecified atom stereocenters. The lowest BCUT2D eigenvalue weighted by Crippen LogP contribution is -2.23. The fraction of sp³-hybridized carbons (Fsp3) is 0.556. The first-order valence-electron chi connectivity index (χ1n) is 9.03. The Labute approximate surface area is 166 Å². The number of anilines is 1. The van der Waals surface area contributed by atoms with Gasteiger partial charge in [0, 0.05) is 11.9 Å². The van der Waals surface area contributed by atoms with E-state index in [0.717, 1.165) is 24.8 Å². The van der Waals surface area contributed by atoms with Gasteiger partial charge in [-0.15, -0.1) is 21.5 Å². The maximum Gasteiger partial charge on any atom is 0.341 e. The van der Waals surface area contributed by atoms with Gasteiger partial charge in [0.1, 0.15) is 11.3 Å². The second-order valence-electron chi connectivity index (χ2n) is 6.75. The van der Waals surface area contributed by atoms with Crippen LogP contribution in [-0.2, 0) is 29.4 Å². The molecule has 1 aliphatic rings. The molecule has 27 heavy (non-hydrogen) atoms. The van der Waals surface area contributed by atoms with Crippen molar-refractivity contribution in [3.8, 4) is 0 Å². The zero-order chi connectivity index (χ0) is 19.6. The van der Waals surface area contributed by atoms with Gasteiger partial charge in [-0.1, -0.05) is 18.7 Å². The van der Waals surface area contributed by atoms with Gasteiger partial charge in [-0.05, 0) is 44.6 Å². The molecule has 1 N–H and O–H groups in total. The molecule has 2 atom stereocenters. The molecule has 0 aromatic carbocycles. The lowest BCUT2D eigenvalue weighted by atomic mass is 9.88. The molecular formula is C18H24N4O3S2. The largest absolute Gasteiger partial charge is 0.462 e. The summed E-state index contributed by atoms with van der Waals surface area (Å²) in [6.07, 6.45) is 4.42. The zero-order valence-corrected chi connectivity index (χ0v) is 17.6. The van der Waals surface area contributed by atoms with Crippen LogP contribution in [0.15, 0.2) is 11.5 Å². The maximum atomic E-state index is 12.7. The molecular weight excluding hydrogens is 384 g/mol. The number of aromatic nitrogens is 3. The normalized spacial score (nSPS) is 17.3. The summed E-state index contributed by atoms with van der Waals surface area (Å²) in [5.74, 6) is 0.0637. The van der Waals surface area contributed by atoms with E-state index in [0.29, 0.717) is 28.2 Å². The van der Waals surface area contributed by atoms with E-state index in [2.05, 4.69) is 22.4 Å². The van der Waals surface area contributed by atoms with Crippen LogP contribution in [0.25, 0.3) is 0 Å². The predicted molar refractivity (Wildman–Crippen MR) is 106 cm³/mol. The van der Waals surface area contributed by atoms with Crippen LogP contribution < -0.4 is 5.32 Å². The van der Waals surface area contributed by atoms with E-state index in [4.69, 9.17) is 4.74 Å². The summed E-state index contributed by atoms with van der Waals surface area (Å²) in [6.45, 7) is 6.13. The number of hydrogen-bond donors (Lipinski definition) is 1. The fourth-order valence-electron chi connectivity index (χ4n) is 3.06. The fourth-order valence-corrected chi connectivity index (χ4v) is 5.25. The van der Waals surface area contributed by atoms with E-state index in [1.54, 1.807) is 17.8 Å². The lowest BCUT2D eigenvalue weighted by molar-refractivity contribution is -0.115. The zero-order valence-electron chi connectivity index (χ0n) is 15.9. The van der Waals surface area contributed by atoms with Crippen molar-refractivity contribution in [3.63, 3.8) is 0 Å². The molecule has 1 aliphatic carbocycles. The summed E-state index contributed by atoms with van der Waals surface area (Å²) < 4.78 is 7.02. The van der Waals surface area contributed by atoms with Crippen molar-refractivity contribution >= 4 is 40.0 Å². The van der Waals surface area contributed by atoms with Crippen molar-refractivity contribution in [2.45, 2.75) is 50.4 Å². The monoisotopic (exact) mass is 408 g/mol. The Morgan fingerprint density at radius 1 is 1.52 bits per heavy atom. The van der Waals surface area contributed by atoms with Gasteiger partial charge < -0.3 is 14.6 Å². The van der Waals surface area contributed by atoms with Crippen molar-refractivity contribution in [1.29, 1.82) is 0 Å². The molecule has 2 aromatic heterocycles. The molecule has 0 bridgehead atoms. The van der Waals surface area contributed by atoms with Gasteiger partial charge in [-0.2, -0.15) is 0 Å². The van der Waals surface area contributed by atoms with E-state index in [9.17, 15) is 9.59 Å². The number of nitrogens with one attached hydrogen (secondary N) is 1. The lowest BCUT2D eigenvalue weighted by Gasteiger charge is -2.18. The average molecular weight is 409 g/mol. The highest BCUT2D eigenvalue weighted by Crippen LogP contribution is 2.40. The Morgan fingerprint density at radius 2 is 2.30 bits per heavy atom. The summed E-state index contributed by atoms with van der Waals surface area (Å²) in [6, 6.07) is 0. The van der Waals surface area contributed by atoms with Gasteiger partial charge in [0.2, 0.25) is 5.91 Å². The van der Waals surface area contributed by atoms with E-state index in [1.165, 1.54) is 28.0 Å². The quantitative estimate of drug-likeness (QED) is 0.583. The number of ether oxygens (including phenoxy) is 1. The highest BCUT2D eigenvalue weighted by molar-refractivity contribution is 8.00. The minimum absolute atomic E-state index is 0.166. The van der Waals surface area contributed by atoms with Gasteiger partial charge in [0.25, 0.3) is 0 Å². The minimum atomic E-state index is -0.374. The predicted octanol–water partition coefficient (Wildman–Crippen LogP) is 3.30. The maximum absolute atomic E-state index is 12.7. The number of thiophene rings is 1. The topological polar surface area (TPSA) is 86.1 Å². The number of hydrogen-bond acceptors (Lipinski definition) is 7. The van der Waals surface area contributed by atoms with Crippen molar-refractivity contribution in [1.82, 2.24) is 14.8 Å². The van der Waals surface area contributed by atoms with E-state index in [1.807, 2.05) is 14.0 Å². The van der Waals surface area contributed by atoms with Gasteiger partial charge in [0.15, 0.2) is 5.16 Å². The number of carbonyl (C=O) groups is 2. The summed E-state index contributed by atoms with van der Waals surface area (Å²) in [5, 5.41) is 11.7. The number of rotatable bonds is 6. The molecule has 1 amide bonds. The third-order valence-corrected chi connectivity index (χ3v) is 6.87. The summed E-state index contributed by atoms with van der Waals surface area (Å²) in [4.78, 5) is 26.4. The summed E-state index contributed by atoms with van der Waals surface area (Å²) in [5.41, 5.74) is 1.58. The molecule has 0 saturated heterocycles. The molecule has 146 valence electrons. The first kappa shape index (κ1) is 19.9. The number of esters is 1. The highest BCUT2D eigenvalue weighted by atomic mass is 32.2. The third kappa shape index (κ3) is 4.35. The third-order valence-electron chi connectivity index (χ3n) is 4.55. The molecule has 2 aromatic rings. The van der Waals surface area contributed by atoms with Gasteiger partial charge in [-0.25, -0.2) is 4.79 Å². The van der Waals surface area contributed by atoms with Gasteiger partial charge >= 0.3 is 5.97 Å². The van der Waals surface area contributed by atoms with Crippen LogP contribution in [0.3, 0.4) is 0 Å². The Balaban J connectivity index is 1.81. The van der Waals surface area contributed by atoms with Gasteiger partial charge in [0.05, 0.1) is 17.4 Å². The van der Waals surface area contributed by atoms with Crippen LogP contribution in [0.4, 0.5) is 5.00 Å². The molecule has 9 heteroatoms. The van der Waals surface area contributed by atoms with E-state index in [-0.39, 0.29) is 17.1 Å². The van der Waals surface area contributed by atoms with Crippen molar-refractivity contribution in [2.75, 3.05) is 11.9 Å². The second-order valence-corrected chi connectivity index (χ2v) is 9.16. The molecule has 3 rings (SSSR count). The van der Waals surface area contributed by atoms with Crippen LogP contribution >= 0.6 is 23.1 Å². The van der Waals surface area contributed by atoms with E-state index >= 15 is 0 Å². The molecule has 0 saturated carbocycles. The number of nitrogens with zero attached hydrogens (tertiary/aromatic N) is 3. The van der Waals surface area contributed by atoms with Crippen LogP contribution in [-0.4, -0.2) is 38.5 Å². The van der Waals surface area contributed by atoms with Crippen LogP contribution in [0.5, 0.6) is 0 Å². The van der Waals surface area contributed by atoms with E-state index < -0.39 is 0 Å². The van der Waals surface area contributed by atoms with Crippen LogP contribution in [0.1, 0.15) is 48.0 Å². The standard InChI is InChI=1S/C18H24N4O3S2/c1-5-25-17(24)14-12-7-6-10(2)8-13(12)27-16(14)20-15(23)11(3)26-18-21-19-9-22(18)4/h9-11H,5-8H2,1-4H3,(H,20,23)/t10-,11-/m0/s1. The Kier molecular flexibility index (Phi) is 6.21. The first-order valence-corrected chi connectivity index (χ1v) is 10.7.